The molecule has 2 fully saturated rings. The van der Waals surface area contributed by atoms with Crippen LogP contribution in [0.4, 0.5) is 15.8 Å². The van der Waals surface area contributed by atoms with Crippen LogP contribution in [0, 0.1) is 5.82 Å². The van der Waals surface area contributed by atoms with Crippen LogP contribution in [0.15, 0.2) is 54.6 Å². The fourth-order valence-electron chi connectivity index (χ4n) is 5.09. The van der Waals surface area contributed by atoms with Gasteiger partial charge in [0.05, 0.1) is 13.2 Å². The van der Waals surface area contributed by atoms with Crippen molar-refractivity contribution in [2.75, 3.05) is 56.1 Å². The van der Waals surface area contributed by atoms with Gasteiger partial charge in [-0.05, 0) is 56.0 Å². The molecule has 0 unspecified atom stereocenters. The number of hydrogen-bond donors (Lipinski definition) is 2. The second-order valence-corrected chi connectivity index (χ2v) is 9.68. The summed E-state index contributed by atoms with van der Waals surface area (Å²) < 4.78 is 20.5. The molecule has 0 spiro atoms. The maximum absolute atomic E-state index is 14.4. The number of nitrogens with zero attached hydrogens (tertiary/aromatic N) is 2. The lowest BCUT2D eigenvalue weighted by Gasteiger charge is -2.29. The van der Waals surface area contributed by atoms with Crippen LogP contribution in [0.1, 0.15) is 36.0 Å². The Morgan fingerprint density at radius 3 is 2.62 bits per heavy atom. The minimum absolute atomic E-state index is 0.0664. The van der Waals surface area contributed by atoms with Crippen LogP contribution >= 0.6 is 0 Å². The van der Waals surface area contributed by atoms with Crippen molar-refractivity contribution in [1.82, 2.24) is 10.2 Å². The predicted molar refractivity (Wildman–Crippen MR) is 144 cm³/mol. The largest absolute Gasteiger partial charge is 0.493 e. The summed E-state index contributed by atoms with van der Waals surface area (Å²) >= 11 is 0. The van der Waals surface area contributed by atoms with E-state index in [4.69, 9.17) is 4.74 Å². The summed E-state index contributed by atoms with van der Waals surface area (Å²) in [5, 5.41) is 7.56. The monoisotopic (exact) mass is 504 g/mol. The molecule has 2 N–H and O–H groups in total. The molecule has 0 saturated carbocycles. The van der Waals surface area contributed by atoms with E-state index in [1.165, 1.54) is 18.6 Å². The molecule has 2 aliphatic rings. The molecule has 2 heterocycles. The summed E-state index contributed by atoms with van der Waals surface area (Å²) in [6.07, 6.45) is 4.14. The first-order chi connectivity index (χ1) is 18.1. The Kier molecular flexibility index (Phi) is 7.84. The second-order valence-electron chi connectivity index (χ2n) is 9.68. The molecule has 2 amide bonds. The van der Waals surface area contributed by atoms with Gasteiger partial charge >= 0.3 is 0 Å². The standard InChI is InChI=1S/C29H33FN4O3/c30-22-17-21(18-23(19-22)34-13-4-1-5-14-34)29(36)32-26-9-10-27(25-8-3-2-7-24(25)26)37-16-6-12-33-15-11-31-28(35)20-33/h2-3,7-10,17-19H,1,4-6,11-16,20H2,(H,31,35)(H,32,36). The molecule has 8 heteroatoms. The van der Waals surface area contributed by atoms with Crippen molar-refractivity contribution in [3.63, 3.8) is 0 Å². The van der Waals surface area contributed by atoms with Crippen molar-refractivity contribution < 1.29 is 18.7 Å². The molecule has 0 radical (unpaired) electrons. The van der Waals surface area contributed by atoms with E-state index in [1.807, 2.05) is 36.4 Å². The smallest absolute Gasteiger partial charge is 0.255 e. The van der Waals surface area contributed by atoms with Crippen LogP contribution < -0.4 is 20.3 Å². The molecular formula is C29H33FN4O3. The number of nitrogens with one attached hydrogen (secondary N) is 2. The zero-order valence-corrected chi connectivity index (χ0v) is 21.0. The van der Waals surface area contributed by atoms with E-state index in [0.717, 1.165) is 67.7 Å². The average Bonchev–Trinajstić information content (AvgIpc) is 2.92. The van der Waals surface area contributed by atoms with E-state index in [-0.39, 0.29) is 11.8 Å². The predicted octanol–water partition coefficient (Wildman–Crippen LogP) is 4.42. The molecule has 37 heavy (non-hydrogen) atoms. The van der Waals surface area contributed by atoms with Gasteiger partial charge in [0.2, 0.25) is 5.91 Å². The molecule has 2 saturated heterocycles. The third-order valence-corrected chi connectivity index (χ3v) is 6.99. The highest BCUT2D eigenvalue weighted by Gasteiger charge is 2.18. The van der Waals surface area contributed by atoms with Crippen molar-refractivity contribution in [3.05, 3.63) is 66.0 Å². The number of fused-ring (bicyclic) bond motifs is 1. The van der Waals surface area contributed by atoms with Gasteiger partial charge in [-0.1, -0.05) is 24.3 Å². The van der Waals surface area contributed by atoms with Gasteiger partial charge in [0.25, 0.3) is 5.91 Å². The first-order valence-corrected chi connectivity index (χ1v) is 13.1. The summed E-state index contributed by atoms with van der Waals surface area (Å²) in [4.78, 5) is 29.0. The topological polar surface area (TPSA) is 73.9 Å². The number of carbonyl (C=O) groups is 2. The molecular weight excluding hydrogens is 471 g/mol. The summed E-state index contributed by atoms with van der Waals surface area (Å²) in [6.45, 7) is 5.06. The number of ether oxygens (including phenoxy) is 1. The van der Waals surface area contributed by atoms with Crippen LogP contribution in [0.2, 0.25) is 0 Å². The van der Waals surface area contributed by atoms with E-state index >= 15 is 0 Å². The van der Waals surface area contributed by atoms with Crippen LogP contribution in [-0.4, -0.2) is 62.6 Å². The third kappa shape index (κ3) is 6.20. The molecule has 0 bridgehead atoms. The van der Waals surface area contributed by atoms with Crippen molar-refractivity contribution in [1.29, 1.82) is 0 Å². The quantitative estimate of drug-likeness (QED) is 0.444. The number of amides is 2. The Hall–Kier alpha value is -3.65. The van der Waals surface area contributed by atoms with E-state index in [0.29, 0.717) is 30.9 Å². The highest BCUT2D eigenvalue weighted by Crippen LogP contribution is 2.32. The van der Waals surface area contributed by atoms with E-state index in [9.17, 15) is 14.0 Å². The lowest BCUT2D eigenvalue weighted by molar-refractivity contribution is -0.124. The van der Waals surface area contributed by atoms with Crippen molar-refractivity contribution in [2.24, 2.45) is 0 Å². The Morgan fingerprint density at radius 2 is 1.81 bits per heavy atom. The van der Waals surface area contributed by atoms with Crippen LogP contribution in [0.3, 0.4) is 0 Å². The van der Waals surface area contributed by atoms with Crippen LogP contribution in [0.25, 0.3) is 10.8 Å². The number of piperazine rings is 1. The van der Waals surface area contributed by atoms with E-state index < -0.39 is 5.82 Å². The van der Waals surface area contributed by atoms with Gasteiger partial charge in [-0.3, -0.25) is 14.5 Å². The number of piperidine rings is 1. The van der Waals surface area contributed by atoms with Gasteiger partial charge in [0.1, 0.15) is 11.6 Å². The molecule has 0 aliphatic carbocycles. The van der Waals surface area contributed by atoms with Gasteiger partial charge in [-0.25, -0.2) is 4.39 Å². The van der Waals surface area contributed by atoms with Crippen molar-refractivity contribution >= 4 is 34.0 Å². The third-order valence-electron chi connectivity index (χ3n) is 6.99. The van der Waals surface area contributed by atoms with E-state index in [1.54, 1.807) is 6.07 Å². The number of anilines is 2. The molecule has 3 aromatic carbocycles. The zero-order valence-electron chi connectivity index (χ0n) is 21.0. The molecule has 7 nitrogen and oxygen atoms in total. The number of benzene rings is 3. The summed E-state index contributed by atoms with van der Waals surface area (Å²) in [6, 6.07) is 16.0. The van der Waals surface area contributed by atoms with Gasteiger partial charge in [0.15, 0.2) is 0 Å². The Bertz CT molecular complexity index is 1280. The first-order valence-electron chi connectivity index (χ1n) is 13.1. The zero-order chi connectivity index (χ0) is 25.6. The highest BCUT2D eigenvalue weighted by atomic mass is 19.1. The lowest BCUT2D eigenvalue weighted by Crippen LogP contribution is -2.47. The molecule has 0 aromatic heterocycles. The summed E-state index contributed by atoms with van der Waals surface area (Å²) in [5.41, 5.74) is 1.70. The highest BCUT2D eigenvalue weighted by molar-refractivity contribution is 6.10. The maximum Gasteiger partial charge on any atom is 0.255 e. The Labute approximate surface area is 216 Å². The molecule has 2 aliphatic heterocycles. The number of hydrogen-bond acceptors (Lipinski definition) is 5. The van der Waals surface area contributed by atoms with Gasteiger partial charge < -0.3 is 20.3 Å². The van der Waals surface area contributed by atoms with Gasteiger partial charge in [0, 0.05) is 60.4 Å². The SMILES string of the molecule is O=C1CN(CCCOc2ccc(NC(=O)c3cc(F)cc(N4CCCCC4)c3)c3ccccc23)CCN1. The molecule has 0 atom stereocenters. The normalized spacial score (nSPS) is 16.5. The van der Waals surface area contributed by atoms with E-state index in [2.05, 4.69) is 20.4 Å². The fourth-order valence-corrected chi connectivity index (χ4v) is 5.09. The Balaban J connectivity index is 1.27. The second kappa shape index (κ2) is 11.6. The average molecular weight is 505 g/mol. The number of rotatable bonds is 8. The summed E-state index contributed by atoms with van der Waals surface area (Å²) in [5.74, 6) is 0.0500. The van der Waals surface area contributed by atoms with Gasteiger partial charge in [-0.15, -0.1) is 0 Å². The number of carbonyl (C=O) groups excluding carboxylic acids is 2. The molecule has 5 rings (SSSR count). The van der Waals surface area contributed by atoms with Crippen LogP contribution in [-0.2, 0) is 4.79 Å². The molecule has 3 aromatic rings. The van der Waals surface area contributed by atoms with Crippen LogP contribution in [0.5, 0.6) is 5.75 Å². The number of halogens is 1. The first kappa shape index (κ1) is 25.0. The molecule has 194 valence electrons. The Morgan fingerprint density at radius 1 is 1.00 bits per heavy atom. The fraction of sp³-hybridized carbons (Fsp3) is 0.379. The van der Waals surface area contributed by atoms with Gasteiger partial charge in [-0.2, -0.15) is 0 Å². The minimum Gasteiger partial charge on any atom is -0.493 e. The maximum atomic E-state index is 14.4. The van der Waals surface area contributed by atoms with Crippen molar-refractivity contribution in [3.8, 4) is 5.75 Å². The summed E-state index contributed by atoms with van der Waals surface area (Å²) in [7, 11) is 0. The van der Waals surface area contributed by atoms with Crippen molar-refractivity contribution in [2.45, 2.75) is 25.7 Å². The minimum atomic E-state index is -0.410. The lowest BCUT2D eigenvalue weighted by atomic mass is 10.1.